The van der Waals surface area contributed by atoms with Gasteiger partial charge in [0.15, 0.2) is 0 Å². The smallest absolute Gasteiger partial charge is 0.306 e. The number of carbonyl (C=O) groups is 1. The fourth-order valence-electron chi connectivity index (χ4n) is 3.26. The second kappa shape index (κ2) is 17.8. The van der Waals surface area contributed by atoms with Crippen LogP contribution in [0.1, 0.15) is 123 Å². The first-order valence-corrected chi connectivity index (χ1v) is 10.4. The molecule has 0 bridgehead atoms. The van der Waals surface area contributed by atoms with Crippen molar-refractivity contribution in [3.05, 3.63) is 0 Å². The van der Waals surface area contributed by atoms with E-state index in [-0.39, 0.29) is 5.92 Å². The minimum absolute atomic E-state index is 0.114. The summed E-state index contributed by atoms with van der Waals surface area (Å²) in [6, 6.07) is 0. The number of rotatable bonds is 18. The molecular weight excluding hydrogens is 284 g/mol. The fraction of sp³-hybridized carbons (Fsp3) is 0.952. The summed E-state index contributed by atoms with van der Waals surface area (Å²) in [6.07, 6.45) is 22.1. The Bertz CT molecular complexity index is 250. The quantitative estimate of drug-likeness (QED) is 0.267. The van der Waals surface area contributed by atoms with Crippen LogP contribution in [-0.4, -0.2) is 11.1 Å². The third-order valence-electron chi connectivity index (χ3n) is 5.00. The number of aliphatic carboxylic acids is 1. The second-order valence-corrected chi connectivity index (χ2v) is 7.18. The molecule has 0 saturated carbocycles. The summed E-state index contributed by atoms with van der Waals surface area (Å²) in [7, 11) is 0. The highest BCUT2D eigenvalue weighted by Crippen LogP contribution is 2.16. The largest absolute Gasteiger partial charge is 0.481 e. The van der Waals surface area contributed by atoms with Crippen LogP contribution in [-0.2, 0) is 4.79 Å². The van der Waals surface area contributed by atoms with Gasteiger partial charge in [-0.25, -0.2) is 0 Å². The van der Waals surface area contributed by atoms with E-state index in [1.54, 1.807) is 0 Å². The van der Waals surface area contributed by atoms with Crippen molar-refractivity contribution in [1.82, 2.24) is 0 Å². The lowest BCUT2D eigenvalue weighted by Crippen LogP contribution is -2.12. The molecular formula is C21H42O2. The Labute approximate surface area is 145 Å². The van der Waals surface area contributed by atoms with Crippen LogP contribution in [0.2, 0.25) is 0 Å². The maximum atomic E-state index is 10.9. The Morgan fingerprint density at radius 1 is 0.652 bits per heavy atom. The van der Waals surface area contributed by atoms with Crippen molar-refractivity contribution < 1.29 is 9.90 Å². The van der Waals surface area contributed by atoms with E-state index in [2.05, 4.69) is 6.92 Å². The zero-order chi connectivity index (χ0) is 17.2. The van der Waals surface area contributed by atoms with Gasteiger partial charge in [-0.2, -0.15) is 0 Å². The van der Waals surface area contributed by atoms with Gasteiger partial charge in [-0.1, -0.05) is 110 Å². The van der Waals surface area contributed by atoms with Crippen LogP contribution in [0.15, 0.2) is 0 Å². The van der Waals surface area contributed by atoms with Gasteiger partial charge in [-0.15, -0.1) is 0 Å². The topological polar surface area (TPSA) is 37.3 Å². The highest BCUT2D eigenvalue weighted by molar-refractivity contribution is 5.69. The van der Waals surface area contributed by atoms with Crippen LogP contribution in [0.5, 0.6) is 0 Å². The van der Waals surface area contributed by atoms with Crippen molar-refractivity contribution in [3.8, 4) is 0 Å². The highest BCUT2D eigenvalue weighted by atomic mass is 16.4. The van der Waals surface area contributed by atoms with Crippen LogP contribution in [0.25, 0.3) is 0 Å². The van der Waals surface area contributed by atoms with Crippen LogP contribution >= 0.6 is 0 Å². The molecule has 2 heteroatoms. The molecule has 0 aliphatic rings. The first-order chi connectivity index (χ1) is 11.2. The molecule has 0 aromatic carbocycles. The molecule has 0 fully saturated rings. The molecule has 0 rings (SSSR count). The van der Waals surface area contributed by atoms with E-state index < -0.39 is 5.97 Å². The molecule has 138 valence electrons. The molecule has 0 aliphatic carbocycles. The van der Waals surface area contributed by atoms with E-state index in [1.807, 2.05) is 6.92 Å². The van der Waals surface area contributed by atoms with Crippen LogP contribution in [0.3, 0.4) is 0 Å². The lowest BCUT2D eigenvalue weighted by molar-refractivity contribution is -0.142. The zero-order valence-corrected chi connectivity index (χ0v) is 16.0. The van der Waals surface area contributed by atoms with Crippen LogP contribution in [0, 0.1) is 5.92 Å². The van der Waals surface area contributed by atoms with E-state index in [1.165, 1.54) is 89.9 Å². The van der Waals surface area contributed by atoms with Gasteiger partial charge in [0, 0.05) is 0 Å². The lowest BCUT2D eigenvalue weighted by atomic mass is 9.98. The first kappa shape index (κ1) is 22.5. The van der Waals surface area contributed by atoms with Crippen molar-refractivity contribution in [1.29, 1.82) is 0 Å². The van der Waals surface area contributed by atoms with Crippen LogP contribution < -0.4 is 0 Å². The van der Waals surface area contributed by atoms with Crippen molar-refractivity contribution >= 4 is 5.97 Å². The Kier molecular flexibility index (Phi) is 17.4. The molecule has 0 aromatic rings. The summed E-state index contributed by atoms with van der Waals surface area (Å²) in [5.41, 5.74) is 0. The number of hydrogen-bond donors (Lipinski definition) is 1. The minimum Gasteiger partial charge on any atom is -0.481 e. The first-order valence-electron chi connectivity index (χ1n) is 10.4. The maximum absolute atomic E-state index is 10.9. The normalized spacial score (nSPS) is 12.4. The SMILES string of the molecule is CCCCCCCCCCCCCCCCC[C@@H](CC)C(=O)O. The van der Waals surface area contributed by atoms with Gasteiger partial charge in [0.25, 0.3) is 0 Å². The monoisotopic (exact) mass is 326 g/mol. The number of hydrogen-bond acceptors (Lipinski definition) is 1. The van der Waals surface area contributed by atoms with Gasteiger partial charge >= 0.3 is 5.97 Å². The van der Waals surface area contributed by atoms with E-state index in [0.29, 0.717) is 0 Å². The average Bonchev–Trinajstić information content (AvgIpc) is 2.54. The summed E-state index contributed by atoms with van der Waals surface area (Å²) in [5, 5.41) is 8.99. The van der Waals surface area contributed by atoms with E-state index >= 15 is 0 Å². The molecule has 0 unspecified atom stereocenters. The molecule has 1 N–H and O–H groups in total. The molecule has 0 amide bonds. The molecule has 0 heterocycles. The molecule has 0 radical (unpaired) electrons. The molecule has 0 aromatic heterocycles. The summed E-state index contributed by atoms with van der Waals surface area (Å²) in [5.74, 6) is -0.727. The van der Waals surface area contributed by atoms with Gasteiger partial charge in [0.1, 0.15) is 0 Å². The van der Waals surface area contributed by atoms with E-state index in [0.717, 1.165) is 19.3 Å². The maximum Gasteiger partial charge on any atom is 0.306 e. The second-order valence-electron chi connectivity index (χ2n) is 7.18. The molecule has 1 atom stereocenters. The Morgan fingerprint density at radius 3 is 1.30 bits per heavy atom. The molecule has 2 nitrogen and oxygen atoms in total. The molecule has 0 saturated heterocycles. The molecule has 0 aliphatic heterocycles. The Hall–Kier alpha value is -0.530. The third kappa shape index (κ3) is 16.1. The number of unbranched alkanes of at least 4 members (excludes halogenated alkanes) is 14. The lowest BCUT2D eigenvalue weighted by Gasteiger charge is -2.08. The number of carboxylic acids is 1. The number of carboxylic acid groups (broad SMARTS) is 1. The predicted octanol–water partition coefficient (Wildman–Crippen LogP) is 7.36. The summed E-state index contributed by atoms with van der Waals surface area (Å²) < 4.78 is 0. The van der Waals surface area contributed by atoms with Gasteiger partial charge in [0.05, 0.1) is 5.92 Å². The van der Waals surface area contributed by atoms with Gasteiger partial charge in [-0.05, 0) is 12.8 Å². The van der Waals surface area contributed by atoms with Crippen molar-refractivity contribution in [3.63, 3.8) is 0 Å². The summed E-state index contributed by atoms with van der Waals surface area (Å²) in [4.78, 5) is 10.9. The molecule has 0 spiro atoms. The minimum atomic E-state index is -0.613. The van der Waals surface area contributed by atoms with Crippen molar-refractivity contribution in [2.75, 3.05) is 0 Å². The van der Waals surface area contributed by atoms with Gasteiger partial charge in [0.2, 0.25) is 0 Å². The van der Waals surface area contributed by atoms with Crippen molar-refractivity contribution in [2.24, 2.45) is 5.92 Å². The predicted molar refractivity (Wildman–Crippen MR) is 101 cm³/mol. The summed E-state index contributed by atoms with van der Waals surface area (Å²) in [6.45, 7) is 4.25. The highest BCUT2D eigenvalue weighted by Gasteiger charge is 2.13. The van der Waals surface area contributed by atoms with E-state index in [9.17, 15) is 4.79 Å². The van der Waals surface area contributed by atoms with Gasteiger partial charge in [-0.3, -0.25) is 4.79 Å². The third-order valence-corrected chi connectivity index (χ3v) is 5.00. The van der Waals surface area contributed by atoms with Crippen molar-refractivity contribution in [2.45, 2.75) is 123 Å². The van der Waals surface area contributed by atoms with E-state index in [4.69, 9.17) is 5.11 Å². The van der Waals surface area contributed by atoms with Crippen LogP contribution in [0.4, 0.5) is 0 Å². The fourth-order valence-corrected chi connectivity index (χ4v) is 3.26. The zero-order valence-electron chi connectivity index (χ0n) is 16.0. The summed E-state index contributed by atoms with van der Waals surface area (Å²) >= 11 is 0. The van der Waals surface area contributed by atoms with Gasteiger partial charge < -0.3 is 5.11 Å². The Morgan fingerprint density at radius 2 is 1.00 bits per heavy atom. The average molecular weight is 327 g/mol. The molecule has 23 heavy (non-hydrogen) atoms. The Balaban J connectivity index is 3.12. The standard InChI is InChI=1S/C21H42O2/c1-3-5-6-7-8-9-10-11-12-13-14-15-16-17-18-19-20(4-2)21(22)23/h20H,3-19H2,1-2H3,(H,22,23)/t20-/m1/s1.